The summed E-state index contributed by atoms with van der Waals surface area (Å²) in [6.07, 6.45) is 1.90. The fraction of sp³-hybridized carbons (Fsp3) is 0.529. The molecule has 0 unspecified atom stereocenters. The molecule has 2 saturated carbocycles. The van der Waals surface area contributed by atoms with Crippen molar-refractivity contribution in [2.75, 3.05) is 5.32 Å². The molecule has 1 aliphatic heterocycles. The summed E-state index contributed by atoms with van der Waals surface area (Å²) in [4.78, 5) is 24.7. The maximum atomic E-state index is 12.7. The van der Waals surface area contributed by atoms with E-state index < -0.39 is 0 Å². The molecule has 1 heterocycles. The van der Waals surface area contributed by atoms with Crippen LogP contribution in [0.4, 0.5) is 5.69 Å². The Morgan fingerprint density at radius 1 is 1.29 bits per heavy atom. The van der Waals surface area contributed by atoms with E-state index in [4.69, 9.17) is 4.74 Å². The lowest BCUT2D eigenvalue weighted by Crippen LogP contribution is -2.36. The van der Waals surface area contributed by atoms with Crippen LogP contribution in [0.5, 0.6) is 0 Å². The monoisotopic (exact) mass is 285 g/mol. The Hall–Kier alpha value is -1.84. The van der Waals surface area contributed by atoms with Crippen molar-refractivity contribution in [2.24, 2.45) is 23.7 Å². The third kappa shape index (κ3) is 1.74. The molecular weight excluding hydrogens is 266 g/mol. The summed E-state index contributed by atoms with van der Waals surface area (Å²) in [5, 5.41) is 3.03. The summed E-state index contributed by atoms with van der Waals surface area (Å²) < 4.78 is 5.39. The Morgan fingerprint density at radius 2 is 2.10 bits per heavy atom. The molecule has 2 bridgehead atoms. The van der Waals surface area contributed by atoms with Crippen molar-refractivity contribution in [3.05, 3.63) is 29.3 Å². The number of carbonyl (C=O) groups is 2. The van der Waals surface area contributed by atoms with Gasteiger partial charge in [0.1, 0.15) is 6.10 Å². The molecule has 1 aromatic carbocycles. The Balaban J connectivity index is 1.59. The van der Waals surface area contributed by atoms with Gasteiger partial charge in [-0.15, -0.1) is 0 Å². The first kappa shape index (κ1) is 12.9. The minimum atomic E-state index is -0.209. The first-order valence-corrected chi connectivity index (χ1v) is 7.64. The average molecular weight is 285 g/mol. The number of benzene rings is 1. The summed E-state index contributed by atoms with van der Waals surface area (Å²) in [5.41, 5.74) is 3.09. The predicted molar refractivity (Wildman–Crippen MR) is 77.6 cm³/mol. The van der Waals surface area contributed by atoms with Crippen LogP contribution >= 0.6 is 0 Å². The lowest BCUT2D eigenvalue weighted by atomic mass is 9.79. The second-order valence-corrected chi connectivity index (χ2v) is 6.66. The van der Waals surface area contributed by atoms with E-state index in [9.17, 15) is 9.59 Å². The minimum Gasteiger partial charge on any atom is -0.462 e. The van der Waals surface area contributed by atoms with Crippen LogP contribution < -0.4 is 5.32 Å². The smallest absolute Gasteiger partial charge is 0.310 e. The third-order valence-electron chi connectivity index (χ3n) is 5.65. The number of anilines is 1. The van der Waals surface area contributed by atoms with Crippen LogP contribution in [0.25, 0.3) is 0 Å². The molecular formula is C17H19NO3. The standard InChI is InChI=1S/C17H19NO3/c1-8-4-3-5-12(9(8)2)18-16(19)14-10-6-11-13(7-10)21-17(20)15(11)14/h3-5,10-11,13-15H,6-7H2,1-2H3,(H,18,19)/t10-,11+,13+,14-,15+/m1/s1. The van der Waals surface area contributed by atoms with E-state index in [2.05, 4.69) is 5.32 Å². The highest BCUT2D eigenvalue weighted by atomic mass is 16.6. The molecule has 5 atom stereocenters. The molecule has 3 fully saturated rings. The molecule has 4 heteroatoms. The lowest BCUT2D eigenvalue weighted by molar-refractivity contribution is -0.145. The van der Waals surface area contributed by atoms with E-state index in [0.717, 1.165) is 29.7 Å². The van der Waals surface area contributed by atoms with E-state index >= 15 is 0 Å². The molecule has 110 valence electrons. The van der Waals surface area contributed by atoms with Gasteiger partial charge in [-0.3, -0.25) is 9.59 Å². The summed E-state index contributed by atoms with van der Waals surface area (Å²) in [5.74, 6) is -0.0111. The first-order chi connectivity index (χ1) is 10.1. The number of aryl methyl sites for hydroxylation is 1. The largest absolute Gasteiger partial charge is 0.462 e. The molecule has 0 spiro atoms. The van der Waals surface area contributed by atoms with E-state index in [1.165, 1.54) is 0 Å². The normalized spacial score (nSPS) is 35.9. The molecule has 4 rings (SSSR count). The van der Waals surface area contributed by atoms with Crippen LogP contribution in [-0.2, 0) is 14.3 Å². The van der Waals surface area contributed by atoms with Crippen molar-refractivity contribution in [1.82, 2.24) is 0 Å². The molecule has 1 N–H and O–H groups in total. The van der Waals surface area contributed by atoms with Crippen LogP contribution in [0, 0.1) is 37.5 Å². The summed E-state index contributed by atoms with van der Waals surface area (Å²) in [7, 11) is 0. The van der Waals surface area contributed by atoms with E-state index in [-0.39, 0.29) is 35.7 Å². The number of fused-ring (bicyclic) bond motifs is 1. The van der Waals surface area contributed by atoms with Crippen molar-refractivity contribution in [2.45, 2.75) is 32.8 Å². The van der Waals surface area contributed by atoms with Gasteiger partial charge < -0.3 is 10.1 Å². The van der Waals surface area contributed by atoms with Gasteiger partial charge in [-0.1, -0.05) is 12.1 Å². The SMILES string of the molecule is Cc1cccc(NC(=O)[C@@H]2[C@@H]3C[C@@H]4[C@@H]2C(=O)O[C@H]4C3)c1C. The molecule has 2 aliphatic carbocycles. The molecule has 1 saturated heterocycles. The first-order valence-electron chi connectivity index (χ1n) is 7.64. The number of esters is 1. The van der Waals surface area contributed by atoms with Gasteiger partial charge >= 0.3 is 5.97 Å². The molecule has 0 radical (unpaired) electrons. The van der Waals surface area contributed by atoms with Gasteiger partial charge in [0.25, 0.3) is 0 Å². The number of hydrogen-bond donors (Lipinski definition) is 1. The third-order valence-corrected chi connectivity index (χ3v) is 5.65. The fourth-order valence-corrected chi connectivity index (χ4v) is 4.47. The Kier molecular flexibility index (Phi) is 2.65. The van der Waals surface area contributed by atoms with Gasteiger partial charge in [-0.25, -0.2) is 0 Å². The number of hydrogen-bond acceptors (Lipinski definition) is 3. The Morgan fingerprint density at radius 3 is 2.90 bits per heavy atom. The van der Waals surface area contributed by atoms with Crippen LogP contribution in [0.15, 0.2) is 18.2 Å². The Labute approximate surface area is 123 Å². The highest BCUT2D eigenvalue weighted by molar-refractivity contribution is 5.97. The highest BCUT2D eigenvalue weighted by Crippen LogP contribution is 2.57. The van der Waals surface area contributed by atoms with Crippen molar-refractivity contribution in [1.29, 1.82) is 0 Å². The molecule has 4 nitrogen and oxygen atoms in total. The fourth-order valence-electron chi connectivity index (χ4n) is 4.47. The number of carbonyl (C=O) groups excluding carboxylic acids is 2. The summed E-state index contributed by atoms with van der Waals surface area (Å²) in [6.45, 7) is 4.03. The van der Waals surface area contributed by atoms with Gasteiger partial charge in [0.15, 0.2) is 0 Å². The second-order valence-electron chi connectivity index (χ2n) is 6.66. The van der Waals surface area contributed by atoms with Gasteiger partial charge in [0, 0.05) is 11.6 Å². The molecule has 21 heavy (non-hydrogen) atoms. The maximum absolute atomic E-state index is 12.7. The second kappa shape index (κ2) is 4.33. The van der Waals surface area contributed by atoms with Crippen molar-refractivity contribution >= 4 is 17.6 Å². The van der Waals surface area contributed by atoms with Crippen LogP contribution in [0.1, 0.15) is 24.0 Å². The summed E-state index contributed by atoms with van der Waals surface area (Å²) >= 11 is 0. The maximum Gasteiger partial charge on any atom is 0.310 e. The lowest BCUT2D eigenvalue weighted by Gasteiger charge is -2.24. The molecule has 0 aromatic heterocycles. The van der Waals surface area contributed by atoms with Gasteiger partial charge in [0.05, 0.1) is 11.8 Å². The molecule has 1 amide bonds. The van der Waals surface area contributed by atoms with Crippen molar-refractivity contribution < 1.29 is 14.3 Å². The minimum absolute atomic E-state index is 0.0153. The van der Waals surface area contributed by atoms with Crippen molar-refractivity contribution in [3.63, 3.8) is 0 Å². The van der Waals surface area contributed by atoms with Crippen LogP contribution in [-0.4, -0.2) is 18.0 Å². The quantitative estimate of drug-likeness (QED) is 0.849. The van der Waals surface area contributed by atoms with Gasteiger partial charge in [-0.05, 0) is 49.8 Å². The van der Waals surface area contributed by atoms with Crippen molar-refractivity contribution in [3.8, 4) is 0 Å². The number of amides is 1. The van der Waals surface area contributed by atoms with Crippen LogP contribution in [0.2, 0.25) is 0 Å². The topological polar surface area (TPSA) is 55.4 Å². The van der Waals surface area contributed by atoms with Crippen LogP contribution in [0.3, 0.4) is 0 Å². The van der Waals surface area contributed by atoms with Gasteiger partial charge in [-0.2, -0.15) is 0 Å². The highest BCUT2D eigenvalue weighted by Gasteiger charge is 2.63. The zero-order valence-electron chi connectivity index (χ0n) is 12.3. The zero-order chi connectivity index (χ0) is 14.7. The number of nitrogens with one attached hydrogen (secondary N) is 1. The van der Waals surface area contributed by atoms with E-state index in [1.54, 1.807) is 0 Å². The molecule has 3 aliphatic rings. The Bertz CT molecular complexity index is 637. The summed E-state index contributed by atoms with van der Waals surface area (Å²) in [6, 6.07) is 5.89. The van der Waals surface area contributed by atoms with E-state index in [1.807, 2.05) is 32.0 Å². The van der Waals surface area contributed by atoms with Gasteiger partial charge in [0.2, 0.25) is 5.91 Å². The predicted octanol–water partition coefficient (Wildman–Crippen LogP) is 2.44. The van der Waals surface area contributed by atoms with E-state index in [0.29, 0.717) is 5.92 Å². The number of rotatable bonds is 2. The number of ether oxygens (including phenoxy) is 1. The average Bonchev–Trinajstić information content (AvgIpc) is 3.05. The molecule has 1 aromatic rings. The zero-order valence-corrected chi connectivity index (χ0v) is 12.3.